The lowest BCUT2D eigenvalue weighted by Crippen LogP contribution is -2.26. The summed E-state index contributed by atoms with van der Waals surface area (Å²) in [6.45, 7) is 2.20. The second-order valence-electron chi connectivity index (χ2n) is 4.19. The van der Waals surface area contributed by atoms with Crippen LogP contribution in [-0.2, 0) is 16.4 Å². The SMILES string of the molecule is Cc1nc(CCNS(=O)(=O)c2ccc(Cl)c(N)c2)cs1. The maximum absolute atomic E-state index is 12.1. The van der Waals surface area contributed by atoms with E-state index in [9.17, 15) is 8.42 Å². The first-order chi connectivity index (χ1) is 9.38. The van der Waals surface area contributed by atoms with Gasteiger partial charge in [0, 0.05) is 18.3 Å². The van der Waals surface area contributed by atoms with E-state index in [2.05, 4.69) is 9.71 Å². The van der Waals surface area contributed by atoms with Gasteiger partial charge in [-0.2, -0.15) is 0 Å². The summed E-state index contributed by atoms with van der Waals surface area (Å²) in [5, 5.41) is 3.22. The monoisotopic (exact) mass is 331 g/mol. The van der Waals surface area contributed by atoms with Crippen LogP contribution in [0.5, 0.6) is 0 Å². The summed E-state index contributed by atoms with van der Waals surface area (Å²) >= 11 is 7.31. The van der Waals surface area contributed by atoms with Crippen LogP contribution in [0, 0.1) is 6.92 Å². The third kappa shape index (κ3) is 3.69. The molecule has 5 nitrogen and oxygen atoms in total. The van der Waals surface area contributed by atoms with E-state index in [0.29, 0.717) is 11.4 Å². The highest BCUT2D eigenvalue weighted by Crippen LogP contribution is 2.22. The Morgan fingerprint density at radius 1 is 1.45 bits per heavy atom. The Kier molecular flexibility index (Phi) is 4.64. The molecule has 0 aliphatic heterocycles. The van der Waals surface area contributed by atoms with Crippen molar-refractivity contribution in [3.63, 3.8) is 0 Å². The summed E-state index contributed by atoms with van der Waals surface area (Å²) in [5.74, 6) is 0. The van der Waals surface area contributed by atoms with Crippen LogP contribution in [0.4, 0.5) is 5.69 Å². The molecule has 0 bridgehead atoms. The number of aryl methyl sites for hydroxylation is 1. The Balaban J connectivity index is 2.02. The molecule has 0 saturated heterocycles. The van der Waals surface area contributed by atoms with Crippen LogP contribution in [0.15, 0.2) is 28.5 Å². The van der Waals surface area contributed by atoms with Gasteiger partial charge in [0.2, 0.25) is 10.0 Å². The number of rotatable bonds is 5. The van der Waals surface area contributed by atoms with E-state index in [0.717, 1.165) is 10.7 Å². The zero-order chi connectivity index (χ0) is 14.8. The zero-order valence-corrected chi connectivity index (χ0v) is 13.1. The predicted octanol–water partition coefficient (Wildman–Crippen LogP) is 2.21. The lowest BCUT2D eigenvalue weighted by molar-refractivity contribution is 0.581. The van der Waals surface area contributed by atoms with E-state index in [1.54, 1.807) is 11.3 Å². The number of aromatic nitrogens is 1. The number of thiazole rings is 1. The maximum atomic E-state index is 12.1. The molecule has 2 aromatic rings. The van der Waals surface area contributed by atoms with Gasteiger partial charge in [0.15, 0.2) is 0 Å². The molecule has 0 fully saturated rings. The van der Waals surface area contributed by atoms with Crippen LogP contribution in [0.3, 0.4) is 0 Å². The fourth-order valence-corrected chi connectivity index (χ4v) is 3.44. The van der Waals surface area contributed by atoms with Crippen LogP contribution >= 0.6 is 22.9 Å². The standard InChI is InChI=1S/C12H14ClN3O2S2/c1-8-16-9(7-19-8)4-5-15-20(17,18)10-2-3-11(13)12(14)6-10/h2-3,6-7,15H,4-5,14H2,1H3. The van der Waals surface area contributed by atoms with Crippen molar-refractivity contribution >= 4 is 38.6 Å². The third-order valence-electron chi connectivity index (χ3n) is 2.62. The lowest BCUT2D eigenvalue weighted by Gasteiger charge is -2.07. The van der Waals surface area contributed by atoms with Gasteiger partial charge in [-0.1, -0.05) is 11.6 Å². The number of nitrogens with zero attached hydrogens (tertiary/aromatic N) is 1. The molecule has 0 radical (unpaired) electrons. The number of halogens is 1. The van der Waals surface area contributed by atoms with Crippen molar-refractivity contribution in [2.75, 3.05) is 12.3 Å². The van der Waals surface area contributed by atoms with E-state index in [1.807, 2.05) is 12.3 Å². The molecule has 0 aliphatic carbocycles. The maximum Gasteiger partial charge on any atom is 0.240 e. The lowest BCUT2D eigenvalue weighted by atomic mass is 10.3. The predicted molar refractivity (Wildman–Crippen MR) is 81.6 cm³/mol. The van der Waals surface area contributed by atoms with Gasteiger partial charge in [-0.05, 0) is 25.1 Å². The highest BCUT2D eigenvalue weighted by Gasteiger charge is 2.14. The minimum atomic E-state index is -3.58. The molecule has 3 N–H and O–H groups in total. The summed E-state index contributed by atoms with van der Waals surface area (Å²) in [6, 6.07) is 4.24. The molecular formula is C12H14ClN3O2S2. The van der Waals surface area contributed by atoms with Crippen molar-refractivity contribution < 1.29 is 8.42 Å². The van der Waals surface area contributed by atoms with Gasteiger partial charge in [-0.3, -0.25) is 0 Å². The van der Waals surface area contributed by atoms with Gasteiger partial charge in [-0.25, -0.2) is 18.1 Å². The minimum Gasteiger partial charge on any atom is -0.397 e. The number of nitrogens with two attached hydrogens (primary N) is 1. The molecule has 0 atom stereocenters. The first-order valence-electron chi connectivity index (χ1n) is 5.84. The molecule has 0 saturated carbocycles. The summed E-state index contributed by atoms with van der Waals surface area (Å²) in [6.07, 6.45) is 0.548. The van der Waals surface area contributed by atoms with E-state index < -0.39 is 10.0 Å². The number of hydrogen-bond donors (Lipinski definition) is 2. The summed E-state index contributed by atoms with van der Waals surface area (Å²) in [7, 11) is -3.58. The smallest absolute Gasteiger partial charge is 0.240 e. The molecule has 1 heterocycles. The van der Waals surface area contributed by atoms with Gasteiger partial charge >= 0.3 is 0 Å². The molecule has 1 aromatic carbocycles. The highest BCUT2D eigenvalue weighted by molar-refractivity contribution is 7.89. The molecule has 0 spiro atoms. The van der Waals surface area contributed by atoms with Gasteiger partial charge in [0.05, 0.1) is 26.3 Å². The second-order valence-corrected chi connectivity index (χ2v) is 7.43. The molecule has 0 amide bonds. The molecular weight excluding hydrogens is 318 g/mol. The molecule has 2 rings (SSSR count). The number of nitrogen functional groups attached to an aromatic ring is 1. The number of sulfonamides is 1. The average Bonchev–Trinajstić information content (AvgIpc) is 2.78. The number of benzene rings is 1. The first-order valence-corrected chi connectivity index (χ1v) is 8.58. The number of hydrogen-bond acceptors (Lipinski definition) is 5. The first kappa shape index (κ1) is 15.2. The van der Waals surface area contributed by atoms with E-state index in [1.165, 1.54) is 18.2 Å². The van der Waals surface area contributed by atoms with Crippen LogP contribution < -0.4 is 10.5 Å². The Morgan fingerprint density at radius 3 is 2.80 bits per heavy atom. The van der Waals surface area contributed by atoms with E-state index in [-0.39, 0.29) is 17.1 Å². The molecule has 20 heavy (non-hydrogen) atoms. The van der Waals surface area contributed by atoms with Crippen molar-refractivity contribution in [1.29, 1.82) is 0 Å². The zero-order valence-electron chi connectivity index (χ0n) is 10.8. The fourth-order valence-electron chi connectivity index (χ4n) is 1.61. The topological polar surface area (TPSA) is 85.1 Å². The van der Waals surface area contributed by atoms with Gasteiger partial charge in [-0.15, -0.1) is 11.3 Å². The molecule has 0 aliphatic rings. The Morgan fingerprint density at radius 2 is 2.20 bits per heavy atom. The molecule has 0 unspecified atom stereocenters. The Hall–Kier alpha value is -1.15. The normalized spacial score (nSPS) is 11.7. The molecule has 8 heteroatoms. The van der Waals surface area contributed by atoms with Crippen molar-refractivity contribution in [1.82, 2.24) is 9.71 Å². The molecule has 1 aromatic heterocycles. The second kappa shape index (κ2) is 6.09. The Labute approximate surface area is 126 Å². The number of anilines is 1. The van der Waals surface area contributed by atoms with Crippen molar-refractivity contribution in [3.05, 3.63) is 39.3 Å². The van der Waals surface area contributed by atoms with Crippen LogP contribution in [0.25, 0.3) is 0 Å². The average molecular weight is 332 g/mol. The van der Waals surface area contributed by atoms with Crippen molar-refractivity contribution in [3.8, 4) is 0 Å². The third-order valence-corrected chi connectivity index (χ3v) is 5.24. The van der Waals surface area contributed by atoms with Crippen LogP contribution in [0.2, 0.25) is 5.02 Å². The minimum absolute atomic E-state index is 0.105. The van der Waals surface area contributed by atoms with Crippen LogP contribution in [0.1, 0.15) is 10.7 Å². The fraction of sp³-hybridized carbons (Fsp3) is 0.250. The van der Waals surface area contributed by atoms with E-state index in [4.69, 9.17) is 17.3 Å². The van der Waals surface area contributed by atoms with Gasteiger partial charge in [0.25, 0.3) is 0 Å². The van der Waals surface area contributed by atoms with Crippen LogP contribution in [-0.4, -0.2) is 19.9 Å². The highest BCUT2D eigenvalue weighted by atomic mass is 35.5. The quantitative estimate of drug-likeness (QED) is 0.822. The summed E-state index contributed by atoms with van der Waals surface area (Å²) in [5.41, 5.74) is 6.73. The number of nitrogens with one attached hydrogen (secondary N) is 1. The van der Waals surface area contributed by atoms with Crippen molar-refractivity contribution in [2.24, 2.45) is 0 Å². The summed E-state index contributed by atoms with van der Waals surface area (Å²) in [4.78, 5) is 4.38. The molecule has 108 valence electrons. The van der Waals surface area contributed by atoms with Gasteiger partial charge < -0.3 is 5.73 Å². The summed E-state index contributed by atoms with van der Waals surface area (Å²) < 4.78 is 26.6. The van der Waals surface area contributed by atoms with Crippen molar-refractivity contribution in [2.45, 2.75) is 18.2 Å². The Bertz CT molecular complexity index is 713. The van der Waals surface area contributed by atoms with E-state index >= 15 is 0 Å². The van der Waals surface area contributed by atoms with Gasteiger partial charge in [0.1, 0.15) is 0 Å². The largest absolute Gasteiger partial charge is 0.397 e.